The molecule has 25 heavy (non-hydrogen) atoms. The summed E-state index contributed by atoms with van der Waals surface area (Å²) in [6.45, 7) is 4.68. The van der Waals surface area contributed by atoms with Crippen molar-refractivity contribution in [2.45, 2.75) is 39.2 Å². The molecule has 0 saturated heterocycles. The van der Waals surface area contributed by atoms with E-state index in [1.54, 1.807) is 12.4 Å². The van der Waals surface area contributed by atoms with Gasteiger partial charge >= 0.3 is 0 Å². The van der Waals surface area contributed by atoms with E-state index < -0.39 is 0 Å². The number of hydrogen-bond acceptors (Lipinski definition) is 4. The van der Waals surface area contributed by atoms with Crippen LogP contribution in [0.25, 0.3) is 0 Å². The Balaban J connectivity index is 1.45. The average molecular weight is 341 g/mol. The third-order valence-electron chi connectivity index (χ3n) is 4.48. The van der Waals surface area contributed by atoms with E-state index in [4.69, 9.17) is 4.74 Å². The Labute approximate surface area is 146 Å². The van der Waals surface area contributed by atoms with Gasteiger partial charge in [-0.15, -0.1) is 0 Å². The first-order valence-electron chi connectivity index (χ1n) is 8.56. The van der Waals surface area contributed by atoms with Crippen molar-refractivity contribution < 1.29 is 9.53 Å². The zero-order valence-electron chi connectivity index (χ0n) is 14.6. The smallest absolute Gasteiger partial charge is 0.258 e. The summed E-state index contributed by atoms with van der Waals surface area (Å²) in [4.78, 5) is 28.2. The highest BCUT2D eigenvalue weighted by Gasteiger charge is 2.25. The van der Waals surface area contributed by atoms with Crippen LogP contribution in [0, 0.1) is 13.8 Å². The summed E-state index contributed by atoms with van der Waals surface area (Å²) in [6.07, 6.45) is 3.80. The van der Waals surface area contributed by atoms with Crippen molar-refractivity contribution in [3.63, 3.8) is 0 Å². The van der Waals surface area contributed by atoms with E-state index in [0.29, 0.717) is 24.8 Å². The van der Waals surface area contributed by atoms with Crippen LogP contribution in [0.2, 0.25) is 0 Å². The molecular formula is C19H23N3O3. The van der Waals surface area contributed by atoms with E-state index in [9.17, 15) is 9.59 Å². The summed E-state index contributed by atoms with van der Waals surface area (Å²) in [5.74, 6) is 0.965. The summed E-state index contributed by atoms with van der Waals surface area (Å²) in [5, 5.41) is 2.76. The van der Waals surface area contributed by atoms with Gasteiger partial charge in [-0.1, -0.05) is 12.1 Å². The van der Waals surface area contributed by atoms with E-state index in [1.807, 2.05) is 32.0 Å². The van der Waals surface area contributed by atoms with Crippen LogP contribution in [0.5, 0.6) is 5.75 Å². The molecule has 1 aliphatic carbocycles. The third-order valence-corrected chi connectivity index (χ3v) is 4.48. The number of hydrogen-bond donors (Lipinski definition) is 1. The van der Waals surface area contributed by atoms with Crippen molar-refractivity contribution >= 4 is 5.91 Å². The van der Waals surface area contributed by atoms with Crippen molar-refractivity contribution in [3.8, 4) is 5.75 Å². The van der Waals surface area contributed by atoms with Crippen molar-refractivity contribution in [2.24, 2.45) is 0 Å². The molecular weight excluding hydrogens is 318 g/mol. The zero-order valence-corrected chi connectivity index (χ0v) is 14.6. The van der Waals surface area contributed by atoms with E-state index in [1.165, 1.54) is 4.57 Å². The summed E-state index contributed by atoms with van der Waals surface area (Å²) in [6, 6.07) is 7.36. The Kier molecular flexibility index (Phi) is 5.16. The molecule has 3 rings (SSSR count). The Morgan fingerprint density at radius 3 is 2.88 bits per heavy atom. The van der Waals surface area contributed by atoms with Crippen LogP contribution in [0.1, 0.15) is 35.6 Å². The molecule has 1 aliphatic rings. The number of carbonyl (C=O) groups excluding carboxylic acids is 1. The maximum absolute atomic E-state index is 12.0. The summed E-state index contributed by atoms with van der Waals surface area (Å²) >= 11 is 0. The van der Waals surface area contributed by atoms with Crippen LogP contribution in [0.15, 0.2) is 35.4 Å². The number of benzene rings is 1. The Hall–Kier alpha value is -2.63. The van der Waals surface area contributed by atoms with Crippen LogP contribution < -0.4 is 15.6 Å². The molecule has 0 aliphatic heterocycles. The quantitative estimate of drug-likeness (QED) is 0.835. The molecule has 1 fully saturated rings. The van der Waals surface area contributed by atoms with Gasteiger partial charge in [-0.2, -0.15) is 0 Å². The maximum Gasteiger partial charge on any atom is 0.258 e. The summed E-state index contributed by atoms with van der Waals surface area (Å²) in [5.41, 5.74) is 2.97. The van der Waals surface area contributed by atoms with Crippen LogP contribution >= 0.6 is 0 Å². The van der Waals surface area contributed by atoms with Gasteiger partial charge in [-0.05, 0) is 43.9 Å². The molecule has 0 unspecified atom stereocenters. The van der Waals surface area contributed by atoms with Gasteiger partial charge in [-0.3, -0.25) is 14.2 Å². The lowest BCUT2D eigenvalue weighted by Gasteiger charge is -2.11. The highest BCUT2D eigenvalue weighted by molar-refractivity contribution is 5.77. The van der Waals surface area contributed by atoms with E-state index in [0.717, 1.165) is 29.7 Å². The fraction of sp³-hybridized carbons (Fsp3) is 0.421. The second kappa shape index (κ2) is 7.51. The first kappa shape index (κ1) is 17.2. The molecule has 0 bridgehead atoms. The monoisotopic (exact) mass is 341 g/mol. The minimum Gasteiger partial charge on any atom is -0.483 e. The zero-order chi connectivity index (χ0) is 17.8. The van der Waals surface area contributed by atoms with Gasteiger partial charge in [0.1, 0.15) is 5.75 Å². The van der Waals surface area contributed by atoms with Crippen molar-refractivity contribution in [2.75, 3.05) is 13.2 Å². The van der Waals surface area contributed by atoms with Gasteiger partial charge in [0.25, 0.3) is 11.5 Å². The Bertz CT molecular complexity index is 825. The lowest BCUT2D eigenvalue weighted by molar-refractivity contribution is -0.123. The lowest BCUT2D eigenvalue weighted by Crippen LogP contribution is -2.33. The summed E-state index contributed by atoms with van der Waals surface area (Å²) in [7, 11) is 0. The molecule has 1 heterocycles. The Morgan fingerprint density at radius 2 is 2.16 bits per heavy atom. The molecule has 132 valence electrons. The number of nitrogens with zero attached hydrogens (tertiary/aromatic N) is 2. The molecule has 1 aromatic heterocycles. The van der Waals surface area contributed by atoms with Crippen molar-refractivity contribution in [3.05, 3.63) is 57.8 Å². The van der Waals surface area contributed by atoms with Crippen LogP contribution in [-0.4, -0.2) is 28.6 Å². The van der Waals surface area contributed by atoms with Gasteiger partial charge in [-0.25, -0.2) is 4.98 Å². The van der Waals surface area contributed by atoms with Gasteiger partial charge in [0.05, 0.1) is 12.0 Å². The lowest BCUT2D eigenvalue weighted by atomic mass is 10.1. The fourth-order valence-corrected chi connectivity index (χ4v) is 2.60. The minimum absolute atomic E-state index is 0.0436. The number of rotatable bonds is 7. The molecule has 6 heteroatoms. The molecule has 2 aromatic rings. The summed E-state index contributed by atoms with van der Waals surface area (Å²) < 4.78 is 7.07. The predicted octanol–water partition coefficient (Wildman–Crippen LogP) is 1.93. The molecule has 1 N–H and O–H groups in total. The standard InChI is InChI=1S/C19H23N3O3/c1-13-4-3-5-17(14(13)2)25-11-18(23)20-8-9-22-12-21-16(10-19(22)24)15-6-7-15/h3-5,10,12,15H,6-9,11H2,1-2H3,(H,20,23). The fourth-order valence-electron chi connectivity index (χ4n) is 2.60. The molecule has 1 aromatic carbocycles. The number of amides is 1. The van der Waals surface area contributed by atoms with Crippen molar-refractivity contribution in [1.29, 1.82) is 0 Å². The van der Waals surface area contributed by atoms with Gasteiger partial charge in [0.2, 0.25) is 0 Å². The molecule has 0 radical (unpaired) electrons. The van der Waals surface area contributed by atoms with E-state index >= 15 is 0 Å². The van der Waals surface area contributed by atoms with Crippen LogP contribution in [-0.2, 0) is 11.3 Å². The first-order chi connectivity index (χ1) is 12.0. The number of aryl methyl sites for hydroxylation is 1. The van der Waals surface area contributed by atoms with Crippen LogP contribution in [0.3, 0.4) is 0 Å². The number of ether oxygens (including phenoxy) is 1. The molecule has 1 amide bonds. The first-order valence-corrected chi connectivity index (χ1v) is 8.56. The average Bonchev–Trinajstić information content (AvgIpc) is 3.42. The largest absolute Gasteiger partial charge is 0.483 e. The topological polar surface area (TPSA) is 73.2 Å². The molecule has 0 spiro atoms. The van der Waals surface area contributed by atoms with Crippen LogP contribution in [0.4, 0.5) is 0 Å². The van der Waals surface area contributed by atoms with E-state index in [-0.39, 0.29) is 18.1 Å². The SMILES string of the molecule is Cc1cccc(OCC(=O)NCCn2cnc(C3CC3)cc2=O)c1C. The van der Waals surface area contributed by atoms with E-state index in [2.05, 4.69) is 10.3 Å². The molecule has 1 saturated carbocycles. The van der Waals surface area contributed by atoms with Gasteiger partial charge in [0.15, 0.2) is 6.61 Å². The second-order valence-corrected chi connectivity index (χ2v) is 6.46. The minimum atomic E-state index is -0.212. The highest BCUT2D eigenvalue weighted by atomic mass is 16.5. The second-order valence-electron chi connectivity index (χ2n) is 6.46. The van der Waals surface area contributed by atoms with Gasteiger partial charge in [0, 0.05) is 25.1 Å². The van der Waals surface area contributed by atoms with Gasteiger partial charge < -0.3 is 10.1 Å². The van der Waals surface area contributed by atoms with Crippen molar-refractivity contribution in [1.82, 2.24) is 14.9 Å². The number of aromatic nitrogens is 2. The third kappa shape index (κ3) is 4.47. The predicted molar refractivity (Wildman–Crippen MR) is 94.9 cm³/mol. The number of nitrogens with one attached hydrogen (secondary N) is 1. The Morgan fingerprint density at radius 1 is 1.36 bits per heavy atom. The number of carbonyl (C=O) groups is 1. The highest BCUT2D eigenvalue weighted by Crippen LogP contribution is 2.38. The maximum atomic E-state index is 12.0. The normalized spacial score (nSPS) is 13.5. The molecule has 0 atom stereocenters. The molecule has 6 nitrogen and oxygen atoms in total.